The summed E-state index contributed by atoms with van der Waals surface area (Å²) in [5.41, 5.74) is 3.28. The van der Waals surface area contributed by atoms with Gasteiger partial charge in [-0.3, -0.25) is 4.79 Å². The molecule has 142 valence electrons. The number of aryl methyl sites for hydroxylation is 1. The van der Waals surface area contributed by atoms with Gasteiger partial charge in [0.25, 0.3) is 5.91 Å². The monoisotopic (exact) mass is 382 g/mol. The third-order valence-corrected chi connectivity index (χ3v) is 4.50. The molecule has 0 saturated heterocycles. The Bertz CT molecular complexity index is 1230. The van der Waals surface area contributed by atoms with Crippen LogP contribution in [0.5, 0.6) is 5.75 Å². The molecule has 0 aliphatic heterocycles. The molecule has 2 heterocycles. The number of anilines is 1. The number of nitrogens with one attached hydrogen (secondary N) is 1. The van der Waals surface area contributed by atoms with Crippen molar-refractivity contribution in [3.8, 4) is 17.6 Å². The summed E-state index contributed by atoms with van der Waals surface area (Å²) in [6, 6.07) is 18.6. The number of hydrogen-bond acceptors (Lipinski definition) is 4. The number of benzene rings is 2. The summed E-state index contributed by atoms with van der Waals surface area (Å²) in [7, 11) is 3.40. The maximum absolute atomic E-state index is 12.8. The number of carbonyl (C=O) groups is 1. The number of carbonyl (C=O) groups excluding carboxylic acids is 1. The quantitative estimate of drug-likeness (QED) is 0.550. The zero-order valence-electron chi connectivity index (χ0n) is 16.0. The molecule has 6 heteroatoms. The van der Waals surface area contributed by atoms with E-state index in [2.05, 4.69) is 27.1 Å². The molecule has 2 aromatic carbocycles. The first-order chi connectivity index (χ1) is 14.2. The van der Waals surface area contributed by atoms with E-state index in [0.717, 1.165) is 16.7 Å². The van der Waals surface area contributed by atoms with Crippen molar-refractivity contribution < 1.29 is 9.53 Å². The molecule has 0 radical (unpaired) electrons. The van der Waals surface area contributed by atoms with E-state index < -0.39 is 0 Å². The highest BCUT2D eigenvalue weighted by Crippen LogP contribution is 2.21. The Morgan fingerprint density at radius 2 is 1.79 bits per heavy atom. The fourth-order valence-corrected chi connectivity index (χ4v) is 2.97. The van der Waals surface area contributed by atoms with Crippen LogP contribution < -0.4 is 10.1 Å². The molecule has 0 unspecified atom stereocenters. The summed E-state index contributed by atoms with van der Waals surface area (Å²) in [4.78, 5) is 21.4. The average molecular weight is 382 g/mol. The molecule has 0 saturated carbocycles. The van der Waals surface area contributed by atoms with Crippen LogP contribution in [0.4, 0.5) is 5.69 Å². The van der Waals surface area contributed by atoms with Gasteiger partial charge in [0.05, 0.1) is 12.5 Å². The fraction of sp³-hybridized carbons (Fsp3) is 0.0870. The topological polar surface area (TPSA) is 69.0 Å². The van der Waals surface area contributed by atoms with E-state index in [4.69, 9.17) is 4.74 Å². The Morgan fingerprint density at radius 3 is 2.52 bits per heavy atom. The summed E-state index contributed by atoms with van der Waals surface area (Å²) in [5, 5.41) is 3.62. The van der Waals surface area contributed by atoms with Crippen LogP contribution in [-0.2, 0) is 7.05 Å². The molecule has 0 aliphatic carbocycles. The first-order valence-corrected chi connectivity index (χ1v) is 8.98. The van der Waals surface area contributed by atoms with Crippen molar-refractivity contribution in [1.29, 1.82) is 0 Å². The lowest BCUT2D eigenvalue weighted by Crippen LogP contribution is -2.15. The molecule has 0 spiro atoms. The largest absolute Gasteiger partial charge is 0.497 e. The fourth-order valence-electron chi connectivity index (χ4n) is 2.97. The van der Waals surface area contributed by atoms with Crippen molar-refractivity contribution in [2.24, 2.45) is 7.05 Å². The summed E-state index contributed by atoms with van der Waals surface area (Å²) in [6.45, 7) is 0. The molecule has 0 bridgehead atoms. The number of amides is 1. The van der Waals surface area contributed by atoms with Crippen molar-refractivity contribution in [1.82, 2.24) is 14.5 Å². The standard InChI is InChI=1S/C23H18N4O2/c1-27-21(23(28)26-17-9-11-18(29-2)12-10-17)14-19-20(24-15-25-22(19)27)13-8-16-6-4-3-5-7-16/h3-7,9-12,14-15H,1-2H3,(H,26,28). The zero-order chi connectivity index (χ0) is 20.2. The van der Waals surface area contributed by atoms with Crippen LogP contribution in [0.3, 0.4) is 0 Å². The second-order valence-electron chi connectivity index (χ2n) is 6.35. The van der Waals surface area contributed by atoms with E-state index >= 15 is 0 Å². The van der Waals surface area contributed by atoms with Crippen LogP contribution in [0.15, 0.2) is 67.0 Å². The predicted molar refractivity (Wildman–Crippen MR) is 112 cm³/mol. The number of methoxy groups -OCH3 is 1. The molecule has 6 nitrogen and oxygen atoms in total. The lowest BCUT2D eigenvalue weighted by Gasteiger charge is -2.07. The number of nitrogens with zero attached hydrogens (tertiary/aromatic N) is 3. The van der Waals surface area contributed by atoms with Gasteiger partial charge < -0.3 is 14.6 Å². The molecular weight excluding hydrogens is 364 g/mol. The molecule has 2 aromatic heterocycles. The van der Waals surface area contributed by atoms with Gasteiger partial charge in [-0.05, 0) is 48.4 Å². The Kier molecular flexibility index (Phi) is 4.95. The SMILES string of the molecule is COc1ccc(NC(=O)c2cc3c(C#Cc4ccccc4)ncnc3n2C)cc1. The molecule has 0 atom stereocenters. The van der Waals surface area contributed by atoms with Gasteiger partial charge >= 0.3 is 0 Å². The van der Waals surface area contributed by atoms with Crippen LogP contribution in [0, 0.1) is 11.8 Å². The summed E-state index contributed by atoms with van der Waals surface area (Å²) >= 11 is 0. The van der Waals surface area contributed by atoms with Crippen LogP contribution in [0.2, 0.25) is 0 Å². The maximum Gasteiger partial charge on any atom is 0.272 e. The van der Waals surface area contributed by atoms with Gasteiger partial charge in [0, 0.05) is 18.3 Å². The first-order valence-electron chi connectivity index (χ1n) is 8.98. The smallest absolute Gasteiger partial charge is 0.272 e. The van der Waals surface area contributed by atoms with Crippen LogP contribution in [0.1, 0.15) is 21.7 Å². The van der Waals surface area contributed by atoms with Gasteiger partial charge in [0.2, 0.25) is 0 Å². The van der Waals surface area contributed by atoms with E-state index in [9.17, 15) is 4.79 Å². The van der Waals surface area contributed by atoms with Gasteiger partial charge in [-0.1, -0.05) is 24.1 Å². The zero-order valence-corrected chi connectivity index (χ0v) is 16.0. The third-order valence-electron chi connectivity index (χ3n) is 4.50. The third kappa shape index (κ3) is 3.80. The molecule has 29 heavy (non-hydrogen) atoms. The predicted octanol–water partition coefficient (Wildman–Crippen LogP) is 3.63. The highest BCUT2D eigenvalue weighted by molar-refractivity contribution is 6.06. The van der Waals surface area contributed by atoms with Gasteiger partial charge in [-0.15, -0.1) is 0 Å². The van der Waals surface area contributed by atoms with Crippen molar-refractivity contribution in [3.05, 3.63) is 83.9 Å². The van der Waals surface area contributed by atoms with Crippen LogP contribution >= 0.6 is 0 Å². The van der Waals surface area contributed by atoms with E-state index in [1.165, 1.54) is 6.33 Å². The number of fused-ring (bicyclic) bond motifs is 1. The van der Waals surface area contributed by atoms with E-state index in [0.29, 0.717) is 22.7 Å². The van der Waals surface area contributed by atoms with Crippen molar-refractivity contribution in [2.75, 3.05) is 12.4 Å². The minimum absolute atomic E-state index is 0.238. The minimum Gasteiger partial charge on any atom is -0.497 e. The summed E-state index contributed by atoms with van der Waals surface area (Å²) < 4.78 is 6.88. The Hall–Kier alpha value is -4.11. The van der Waals surface area contributed by atoms with Gasteiger partial charge in [0.15, 0.2) is 0 Å². The minimum atomic E-state index is -0.238. The lowest BCUT2D eigenvalue weighted by atomic mass is 10.2. The van der Waals surface area contributed by atoms with Crippen LogP contribution in [-0.4, -0.2) is 27.6 Å². The highest BCUT2D eigenvalue weighted by atomic mass is 16.5. The van der Waals surface area contributed by atoms with Crippen molar-refractivity contribution in [3.63, 3.8) is 0 Å². The maximum atomic E-state index is 12.8. The number of hydrogen-bond donors (Lipinski definition) is 1. The highest BCUT2D eigenvalue weighted by Gasteiger charge is 2.16. The summed E-state index contributed by atoms with van der Waals surface area (Å²) in [5.74, 6) is 6.67. The molecule has 0 aliphatic rings. The number of rotatable bonds is 3. The van der Waals surface area contributed by atoms with E-state index in [1.54, 1.807) is 49.1 Å². The second-order valence-corrected chi connectivity index (χ2v) is 6.35. The van der Waals surface area contributed by atoms with Gasteiger partial charge in [-0.25, -0.2) is 9.97 Å². The normalized spacial score (nSPS) is 10.3. The number of ether oxygens (including phenoxy) is 1. The molecule has 1 amide bonds. The Morgan fingerprint density at radius 1 is 1.03 bits per heavy atom. The van der Waals surface area contributed by atoms with E-state index in [1.807, 2.05) is 30.3 Å². The van der Waals surface area contributed by atoms with Crippen molar-refractivity contribution >= 4 is 22.6 Å². The van der Waals surface area contributed by atoms with E-state index in [-0.39, 0.29) is 5.91 Å². The average Bonchev–Trinajstić information content (AvgIpc) is 3.11. The molecule has 0 fully saturated rings. The molecular formula is C23H18N4O2. The Labute approximate surface area is 168 Å². The molecule has 4 aromatic rings. The van der Waals surface area contributed by atoms with Crippen molar-refractivity contribution in [2.45, 2.75) is 0 Å². The van der Waals surface area contributed by atoms with Gasteiger partial charge in [0.1, 0.15) is 29.1 Å². The van der Waals surface area contributed by atoms with Gasteiger partial charge in [-0.2, -0.15) is 0 Å². The summed E-state index contributed by atoms with van der Waals surface area (Å²) in [6.07, 6.45) is 1.46. The van der Waals surface area contributed by atoms with Crippen LogP contribution in [0.25, 0.3) is 11.0 Å². The molecule has 4 rings (SSSR count). The lowest BCUT2D eigenvalue weighted by molar-refractivity contribution is 0.101. The molecule has 1 N–H and O–H groups in total. The second kappa shape index (κ2) is 7.87. The first kappa shape index (κ1) is 18.3. The number of aromatic nitrogens is 3. The Balaban J connectivity index is 1.66.